The minimum absolute atomic E-state index is 0.0117. The van der Waals surface area contributed by atoms with Crippen molar-refractivity contribution in [3.8, 4) is 5.75 Å². The van der Waals surface area contributed by atoms with Crippen molar-refractivity contribution in [2.75, 3.05) is 32.8 Å². The van der Waals surface area contributed by atoms with Crippen molar-refractivity contribution in [1.82, 2.24) is 9.80 Å². The van der Waals surface area contributed by atoms with Crippen LogP contribution >= 0.6 is 11.6 Å². The molecule has 0 aliphatic carbocycles. The predicted molar refractivity (Wildman–Crippen MR) is 87.5 cm³/mol. The van der Waals surface area contributed by atoms with E-state index in [1.807, 2.05) is 17.0 Å². The summed E-state index contributed by atoms with van der Waals surface area (Å²) >= 11 is 5.82. The Morgan fingerprint density at radius 2 is 1.87 bits per heavy atom. The molecule has 1 amide bonds. The maximum Gasteiger partial charge on any atom is 0.260 e. The van der Waals surface area contributed by atoms with E-state index in [2.05, 4.69) is 4.90 Å². The van der Waals surface area contributed by atoms with Gasteiger partial charge in [0.2, 0.25) is 0 Å². The molecule has 6 heteroatoms. The zero-order valence-corrected chi connectivity index (χ0v) is 13.5. The molecule has 1 saturated heterocycles. The molecule has 0 atom stereocenters. The van der Waals surface area contributed by atoms with E-state index in [1.165, 1.54) is 0 Å². The summed E-state index contributed by atoms with van der Waals surface area (Å²) < 4.78 is 10.9. The normalized spacial score (nSPS) is 15.6. The van der Waals surface area contributed by atoms with E-state index in [9.17, 15) is 4.79 Å². The average molecular weight is 335 g/mol. The summed E-state index contributed by atoms with van der Waals surface area (Å²) in [6.07, 6.45) is 1.68. The molecular formula is C17H19ClN2O3. The Bertz CT molecular complexity index is 620. The van der Waals surface area contributed by atoms with E-state index in [0.717, 1.165) is 25.4 Å². The lowest BCUT2D eigenvalue weighted by molar-refractivity contribution is -0.135. The van der Waals surface area contributed by atoms with E-state index in [4.69, 9.17) is 20.8 Å². The van der Waals surface area contributed by atoms with E-state index < -0.39 is 0 Å². The molecule has 0 spiro atoms. The van der Waals surface area contributed by atoms with Crippen LogP contribution in [0.3, 0.4) is 0 Å². The van der Waals surface area contributed by atoms with E-state index in [1.54, 1.807) is 30.5 Å². The van der Waals surface area contributed by atoms with E-state index >= 15 is 0 Å². The van der Waals surface area contributed by atoms with Crippen LogP contribution in [0.2, 0.25) is 5.02 Å². The van der Waals surface area contributed by atoms with Crippen molar-refractivity contribution in [1.29, 1.82) is 0 Å². The number of piperazine rings is 1. The Hall–Kier alpha value is -1.98. The molecule has 2 aromatic rings. The van der Waals surface area contributed by atoms with Crippen LogP contribution in [0, 0.1) is 0 Å². The number of amides is 1. The highest BCUT2D eigenvalue weighted by molar-refractivity contribution is 6.30. The number of rotatable bonds is 5. The second-order valence-corrected chi connectivity index (χ2v) is 5.92. The van der Waals surface area contributed by atoms with Crippen LogP contribution in [0.25, 0.3) is 0 Å². The topological polar surface area (TPSA) is 45.9 Å². The van der Waals surface area contributed by atoms with Gasteiger partial charge in [0, 0.05) is 31.2 Å². The highest BCUT2D eigenvalue weighted by Crippen LogP contribution is 2.16. The Balaban J connectivity index is 1.42. The van der Waals surface area contributed by atoms with Gasteiger partial charge in [0.25, 0.3) is 5.91 Å². The molecule has 0 unspecified atom stereocenters. The highest BCUT2D eigenvalue weighted by atomic mass is 35.5. The first-order valence-corrected chi connectivity index (χ1v) is 7.99. The van der Waals surface area contributed by atoms with Crippen LogP contribution in [-0.2, 0) is 11.3 Å². The molecule has 122 valence electrons. The van der Waals surface area contributed by atoms with Gasteiger partial charge in [-0.1, -0.05) is 11.6 Å². The molecule has 1 aromatic heterocycles. The Morgan fingerprint density at radius 3 is 2.52 bits per heavy atom. The van der Waals surface area contributed by atoms with Gasteiger partial charge in [-0.3, -0.25) is 9.69 Å². The minimum atomic E-state index is 0.0117. The van der Waals surface area contributed by atoms with Crippen LogP contribution < -0.4 is 4.74 Å². The summed E-state index contributed by atoms with van der Waals surface area (Å²) in [7, 11) is 0. The van der Waals surface area contributed by atoms with E-state index in [0.29, 0.717) is 23.9 Å². The Kier molecular flexibility index (Phi) is 5.20. The number of benzene rings is 1. The fraction of sp³-hybridized carbons (Fsp3) is 0.353. The summed E-state index contributed by atoms with van der Waals surface area (Å²) in [6, 6.07) is 10.9. The maximum atomic E-state index is 12.2. The number of nitrogens with zero attached hydrogens (tertiary/aromatic N) is 2. The zero-order chi connectivity index (χ0) is 16.1. The third-order valence-electron chi connectivity index (χ3n) is 3.86. The molecular weight excluding hydrogens is 316 g/mol. The van der Waals surface area contributed by atoms with Gasteiger partial charge < -0.3 is 14.1 Å². The maximum absolute atomic E-state index is 12.2. The molecule has 0 saturated carbocycles. The van der Waals surface area contributed by atoms with Crippen molar-refractivity contribution < 1.29 is 13.9 Å². The van der Waals surface area contributed by atoms with Gasteiger partial charge in [-0.05, 0) is 36.4 Å². The van der Waals surface area contributed by atoms with E-state index in [-0.39, 0.29) is 12.5 Å². The van der Waals surface area contributed by atoms with Gasteiger partial charge in [0.05, 0.1) is 12.8 Å². The molecule has 23 heavy (non-hydrogen) atoms. The summed E-state index contributed by atoms with van der Waals surface area (Å²) in [5.41, 5.74) is 0. The molecule has 1 aliphatic rings. The second-order valence-electron chi connectivity index (χ2n) is 5.48. The first-order chi connectivity index (χ1) is 11.2. The van der Waals surface area contributed by atoms with Crippen molar-refractivity contribution in [2.24, 2.45) is 0 Å². The predicted octanol–water partition coefficient (Wildman–Crippen LogP) is 2.66. The zero-order valence-electron chi connectivity index (χ0n) is 12.8. The molecule has 0 N–H and O–H groups in total. The summed E-state index contributed by atoms with van der Waals surface area (Å²) in [5, 5.41) is 0.649. The second kappa shape index (κ2) is 7.53. The summed E-state index contributed by atoms with van der Waals surface area (Å²) in [5.74, 6) is 1.62. The number of halogens is 1. The van der Waals surface area contributed by atoms with Gasteiger partial charge >= 0.3 is 0 Å². The van der Waals surface area contributed by atoms with Gasteiger partial charge in [-0.2, -0.15) is 0 Å². The summed E-state index contributed by atoms with van der Waals surface area (Å²) in [6.45, 7) is 3.95. The number of hydrogen-bond donors (Lipinski definition) is 0. The van der Waals surface area contributed by atoms with Crippen molar-refractivity contribution in [2.45, 2.75) is 6.54 Å². The standard InChI is InChI=1S/C17H19ClN2O3/c18-14-3-5-15(6-4-14)23-13-17(21)20-9-7-19(8-10-20)12-16-2-1-11-22-16/h1-6,11H,7-10,12-13H2. The van der Waals surface area contributed by atoms with Crippen LogP contribution in [-0.4, -0.2) is 48.5 Å². The third-order valence-corrected chi connectivity index (χ3v) is 4.11. The van der Waals surface area contributed by atoms with Crippen molar-refractivity contribution >= 4 is 17.5 Å². The lowest BCUT2D eigenvalue weighted by atomic mass is 10.3. The number of ether oxygens (including phenoxy) is 1. The van der Waals surface area contributed by atoms with Gasteiger partial charge in [-0.25, -0.2) is 0 Å². The number of furan rings is 1. The van der Waals surface area contributed by atoms with Gasteiger partial charge in [-0.15, -0.1) is 0 Å². The molecule has 2 heterocycles. The molecule has 1 fully saturated rings. The highest BCUT2D eigenvalue weighted by Gasteiger charge is 2.21. The number of carbonyl (C=O) groups is 1. The molecule has 1 aliphatic heterocycles. The first kappa shape index (κ1) is 15.9. The first-order valence-electron chi connectivity index (χ1n) is 7.61. The molecule has 3 rings (SSSR count). The van der Waals surface area contributed by atoms with Crippen molar-refractivity contribution in [3.63, 3.8) is 0 Å². The Labute approximate surface area is 140 Å². The largest absolute Gasteiger partial charge is 0.484 e. The monoisotopic (exact) mass is 334 g/mol. The van der Waals surface area contributed by atoms with Crippen LogP contribution in [0.4, 0.5) is 0 Å². The fourth-order valence-corrected chi connectivity index (χ4v) is 2.67. The van der Waals surface area contributed by atoms with Gasteiger partial charge in [0.15, 0.2) is 6.61 Å². The van der Waals surface area contributed by atoms with Crippen LogP contribution in [0.1, 0.15) is 5.76 Å². The average Bonchev–Trinajstić information content (AvgIpc) is 3.08. The molecule has 5 nitrogen and oxygen atoms in total. The SMILES string of the molecule is O=C(COc1ccc(Cl)cc1)N1CCN(Cc2ccco2)CC1. The fourth-order valence-electron chi connectivity index (χ4n) is 2.55. The van der Waals surface area contributed by atoms with Gasteiger partial charge in [0.1, 0.15) is 11.5 Å². The summed E-state index contributed by atoms with van der Waals surface area (Å²) in [4.78, 5) is 16.3. The Morgan fingerprint density at radius 1 is 1.13 bits per heavy atom. The number of hydrogen-bond acceptors (Lipinski definition) is 4. The minimum Gasteiger partial charge on any atom is -0.484 e. The molecule has 1 aromatic carbocycles. The lowest BCUT2D eigenvalue weighted by Crippen LogP contribution is -2.49. The molecule has 0 radical (unpaired) electrons. The van der Waals surface area contributed by atoms with Crippen LogP contribution in [0.5, 0.6) is 5.75 Å². The third kappa shape index (κ3) is 4.50. The quantitative estimate of drug-likeness (QED) is 0.843. The number of carbonyl (C=O) groups excluding carboxylic acids is 1. The lowest BCUT2D eigenvalue weighted by Gasteiger charge is -2.34. The molecule has 0 bridgehead atoms. The van der Waals surface area contributed by atoms with Crippen molar-refractivity contribution in [3.05, 3.63) is 53.4 Å². The van der Waals surface area contributed by atoms with Crippen LogP contribution in [0.15, 0.2) is 47.1 Å². The smallest absolute Gasteiger partial charge is 0.260 e.